The first-order valence-electron chi connectivity index (χ1n) is 8.30. The Bertz CT molecular complexity index is 724. The van der Waals surface area contributed by atoms with Crippen molar-refractivity contribution in [1.82, 2.24) is 4.98 Å². The van der Waals surface area contributed by atoms with Crippen LogP contribution in [-0.4, -0.2) is 18.1 Å². The van der Waals surface area contributed by atoms with Crippen LogP contribution in [0.4, 0.5) is 0 Å². The number of carbonyl (C=O) groups excluding carboxylic acids is 1. The molecule has 4 heteroatoms. The quantitative estimate of drug-likeness (QED) is 0.802. The van der Waals surface area contributed by atoms with Crippen LogP contribution >= 0.6 is 0 Å². The second kappa shape index (κ2) is 7.04. The SMILES string of the molecule is COc1ccc(C[C@H]2Cc3cc(C)cnc3[C@@H](OC(C)=O)C2)cc1. The topological polar surface area (TPSA) is 48.4 Å². The van der Waals surface area contributed by atoms with Crippen LogP contribution in [0.5, 0.6) is 5.75 Å². The van der Waals surface area contributed by atoms with E-state index >= 15 is 0 Å². The number of rotatable bonds is 4. The van der Waals surface area contributed by atoms with Crippen molar-refractivity contribution in [2.45, 2.75) is 39.2 Å². The lowest BCUT2D eigenvalue weighted by molar-refractivity contribution is -0.148. The van der Waals surface area contributed by atoms with Gasteiger partial charge in [0.1, 0.15) is 11.9 Å². The molecule has 1 heterocycles. The van der Waals surface area contributed by atoms with Gasteiger partial charge in [0.2, 0.25) is 0 Å². The number of esters is 1. The van der Waals surface area contributed by atoms with E-state index in [9.17, 15) is 4.79 Å². The molecule has 0 N–H and O–H groups in total. The van der Waals surface area contributed by atoms with Gasteiger partial charge in [-0.3, -0.25) is 9.78 Å². The van der Waals surface area contributed by atoms with Gasteiger partial charge in [-0.15, -0.1) is 0 Å². The Labute approximate surface area is 142 Å². The lowest BCUT2D eigenvalue weighted by atomic mass is 9.81. The van der Waals surface area contributed by atoms with Gasteiger partial charge in [0, 0.05) is 13.1 Å². The molecular weight excluding hydrogens is 302 g/mol. The average molecular weight is 325 g/mol. The van der Waals surface area contributed by atoms with Crippen molar-refractivity contribution in [1.29, 1.82) is 0 Å². The number of aryl methyl sites for hydroxylation is 1. The fraction of sp³-hybridized carbons (Fsp3) is 0.400. The summed E-state index contributed by atoms with van der Waals surface area (Å²) in [4.78, 5) is 16.0. The second-order valence-electron chi connectivity index (χ2n) is 6.51. The number of nitrogens with zero attached hydrogens (tertiary/aromatic N) is 1. The van der Waals surface area contributed by atoms with Crippen molar-refractivity contribution in [3.63, 3.8) is 0 Å². The minimum atomic E-state index is -0.251. The molecule has 1 aromatic carbocycles. The monoisotopic (exact) mass is 325 g/mol. The Morgan fingerprint density at radius 1 is 1.29 bits per heavy atom. The van der Waals surface area contributed by atoms with E-state index in [2.05, 4.69) is 23.2 Å². The molecule has 0 saturated heterocycles. The molecule has 2 aromatic rings. The highest BCUT2D eigenvalue weighted by Crippen LogP contribution is 2.36. The maximum atomic E-state index is 11.5. The van der Waals surface area contributed by atoms with Crippen LogP contribution in [0.2, 0.25) is 0 Å². The fourth-order valence-electron chi connectivity index (χ4n) is 3.46. The number of fused-ring (bicyclic) bond motifs is 1. The standard InChI is InChI=1S/C20H23NO3/c1-13-8-17-10-16(9-15-4-6-18(23-3)7-5-15)11-19(24-14(2)22)20(17)21-12-13/h4-8,12,16,19H,9-11H2,1-3H3/t16-,19-/m0/s1. The molecule has 4 nitrogen and oxygen atoms in total. The second-order valence-corrected chi connectivity index (χ2v) is 6.51. The number of hydrogen-bond acceptors (Lipinski definition) is 4. The van der Waals surface area contributed by atoms with Gasteiger partial charge >= 0.3 is 5.97 Å². The molecule has 1 aliphatic carbocycles. The third-order valence-electron chi connectivity index (χ3n) is 4.49. The highest BCUT2D eigenvalue weighted by molar-refractivity contribution is 5.66. The van der Waals surface area contributed by atoms with E-state index in [1.54, 1.807) is 7.11 Å². The van der Waals surface area contributed by atoms with Gasteiger partial charge in [-0.1, -0.05) is 18.2 Å². The Balaban J connectivity index is 1.80. The van der Waals surface area contributed by atoms with Gasteiger partial charge in [0.25, 0.3) is 0 Å². The molecule has 2 atom stereocenters. The summed E-state index contributed by atoms with van der Waals surface area (Å²) >= 11 is 0. The molecule has 24 heavy (non-hydrogen) atoms. The summed E-state index contributed by atoms with van der Waals surface area (Å²) in [6.45, 7) is 3.50. The van der Waals surface area contributed by atoms with E-state index in [0.717, 1.165) is 36.3 Å². The van der Waals surface area contributed by atoms with Gasteiger partial charge in [-0.25, -0.2) is 0 Å². The largest absolute Gasteiger partial charge is 0.497 e. The minimum Gasteiger partial charge on any atom is -0.497 e. The summed E-state index contributed by atoms with van der Waals surface area (Å²) in [5, 5.41) is 0. The zero-order chi connectivity index (χ0) is 17.1. The molecule has 3 rings (SSSR count). The van der Waals surface area contributed by atoms with Crippen LogP contribution in [0.1, 0.15) is 41.8 Å². The van der Waals surface area contributed by atoms with Crippen LogP contribution in [0, 0.1) is 12.8 Å². The predicted molar refractivity (Wildman–Crippen MR) is 92.0 cm³/mol. The first-order chi connectivity index (χ1) is 11.5. The van der Waals surface area contributed by atoms with Crippen molar-refractivity contribution in [2.75, 3.05) is 7.11 Å². The first-order valence-corrected chi connectivity index (χ1v) is 8.30. The van der Waals surface area contributed by atoms with E-state index < -0.39 is 0 Å². The molecule has 0 fully saturated rings. The summed E-state index contributed by atoms with van der Waals surface area (Å²) in [5.74, 6) is 1.04. The molecule has 0 radical (unpaired) electrons. The summed E-state index contributed by atoms with van der Waals surface area (Å²) in [6.07, 6.45) is 4.34. The molecule has 0 unspecified atom stereocenters. The molecule has 1 aromatic heterocycles. The van der Waals surface area contributed by atoms with Gasteiger partial charge in [-0.2, -0.15) is 0 Å². The summed E-state index contributed by atoms with van der Waals surface area (Å²) in [5.41, 5.74) is 4.53. The van der Waals surface area contributed by atoms with Gasteiger partial charge < -0.3 is 9.47 Å². The number of benzene rings is 1. The summed E-state index contributed by atoms with van der Waals surface area (Å²) in [6, 6.07) is 10.3. The molecule has 0 bridgehead atoms. The Kier molecular flexibility index (Phi) is 4.84. The molecule has 1 aliphatic rings. The van der Waals surface area contributed by atoms with E-state index in [4.69, 9.17) is 9.47 Å². The summed E-state index contributed by atoms with van der Waals surface area (Å²) in [7, 11) is 1.67. The highest BCUT2D eigenvalue weighted by Gasteiger charge is 2.30. The highest BCUT2D eigenvalue weighted by atomic mass is 16.5. The van der Waals surface area contributed by atoms with Crippen molar-refractivity contribution in [3.8, 4) is 5.75 Å². The number of hydrogen-bond donors (Lipinski definition) is 0. The molecule has 0 spiro atoms. The van der Waals surface area contributed by atoms with E-state index in [1.807, 2.05) is 25.3 Å². The van der Waals surface area contributed by atoms with Crippen molar-refractivity contribution in [3.05, 3.63) is 58.9 Å². The number of carbonyl (C=O) groups is 1. The van der Waals surface area contributed by atoms with Crippen molar-refractivity contribution in [2.24, 2.45) is 5.92 Å². The molecule has 126 valence electrons. The maximum Gasteiger partial charge on any atom is 0.303 e. The van der Waals surface area contributed by atoms with Crippen LogP contribution in [0.3, 0.4) is 0 Å². The lowest BCUT2D eigenvalue weighted by Gasteiger charge is -2.30. The molecule has 0 aliphatic heterocycles. The molecule has 0 saturated carbocycles. The van der Waals surface area contributed by atoms with Crippen LogP contribution in [-0.2, 0) is 22.4 Å². The van der Waals surface area contributed by atoms with Gasteiger partial charge in [0.05, 0.1) is 12.8 Å². The minimum absolute atomic E-state index is 0.241. The van der Waals surface area contributed by atoms with Crippen molar-refractivity contribution < 1.29 is 14.3 Å². The average Bonchev–Trinajstić information content (AvgIpc) is 2.54. The molecular formula is C20H23NO3. The van der Waals surface area contributed by atoms with Crippen LogP contribution < -0.4 is 4.74 Å². The number of aromatic nitrogens is 1. The van der Waals surface area contributed by atoms with Crippen molar-refractivity contribution >= 4 is 5.97 Å². The zero-order valence-corrected chi connectivity index (χ0v) is 14.4. The number of methoxy groups -OCH3 is 1. The smallest absolute Gasteiger partial charge is 0.303 e. The third kappa shape index (κ3) is 3.75. The zero-order valence-electron chi connectivity index (χ0n) is 14.4. The summed E-state index contributed by atoms with van der Waals surface area (Å²) < 4.78 is 10.8. The Morgan fingerprint density at radius 2 is 2.04 bits per heavy atom. The Hall–Kier alpha value is -2.36. The molecule has 0 amide bonds. The lowest BCUT2D eigenvalue weighted by Crippen LogP contribution is -2.24. The normalized spacial score (nSPS) is 19.5. The Morgan fingerprint density at radius 3 is 2.71 bits per heavy atom. The first kappa shape index (κ1) is 16.5. The van der Waals surface area contributed by atoms with Gasteiger partial charge in [-0.05, 0) is 60.9 Å². The van der Waals surface area contributed by atoms with E-state index in [1.165, 1.54) is 18.1 Å². The van der Waals surface area contributed by atoms with Crippen LogP contribution in [0.15, 0.2) is 36.5 Å². The fourth-order valence-corrected chi connectivity index (χ4v) is 3.46. The van der Waals surface area contributed by atoms with Gasteiger partial charge in [0.15, 0.2) is 0 Å². The van der Waals surface area contributed by atoms with E-state index in [0.29, 0.717) is 5.92 Å². The maximum absolute atomic E-state index is 11.5. The third-order valence-corrected chi connectivity index (χ3v) is 4.49. The number of pyridine rings is 1. The van der Waals surface area contributed by atoms with Crippen LogP contribution in [0.25, 0.3) is 0 Å². The number of ether oxygens (including phenoxy) is 2. The van der Waals surface area contributed by atoms with E-state index in [-0.39, 0.29) is 12.1 Å². The predicted octanol–water partition coefficient (Wildman–Crippen LogP) is 3.81.